The van der Waals surface area contributed by atoms with Crippen LogP contribution in [-0.4, -0.2) is 48.5 Å². The van der Waals surface area contributed by atoms with Gasteiger partial charge in [-0.2, -0.15) is 0 Å². The molecule has 0 amide bonds. The number of methoxy groups -OCH3 is 1. The van der Waals surface area contributed by atoms with Gasteiger partial charge >= 0.3 is 0 Å². The van der Waals surface area contributed by atoms with Crippen molar-refractivity contribution in [3.05, 3.63) is 24.3 Å². The lowest BCUT2D eigenvalue weighted by molar-refractivity contribution is 0.0117. The average molecular weight is 362 g/mol. The number of ether oxygens (including phenoxy) is 2. The van der Waals surface area contributed by atoms with Gasteiger partial charge in [-0.25, -0.2) is 0 Å². The first-order valence-corrected chi connectivity index (χ1v) is 10.5. The smallest absolute Gasteiger partial charge is 0.119 e. The highest BCUT2D eigenvalue weighted by atomic mass is 16.5. The Morgan fingerprint density at radius 3 is 1.88 bits per heavy atom. The first-order chi connectivity index (χ1) is 12.8. The van der Waals surface area contributed by atoms with Crippen LogP contribution < -0.4 is 9.47 Å². The fraction of sp³-hybridized carbons (Fsp3) is 0.727. The van der Waals surface area contributed by atoms with Crippen molar-refractivity contribution in [2.24, 2.45) is 0 Å². The summed E-state index contributed by atoms with van der Waals surface area (Å²) in [5.41, 5.74) is 0. The molecule has 3 rings (SSSR count). The molecule has 2 aliphatic carbocycles. The van der Waals surface area contributed by atoms with Crippen LogP contribution in [-0.2, 0) is 0 Å². The van der Waals surface area contributed by atoms with Crippen molar-refractivity contribution < 1.29 is 14.6 Å². The quantitative estimate of drug-likeness (QED) is 0.745. The third-order valence-electron chi connectivity index (χ3n) is 6.01. The van der Waals surface area contributed by atoms with Gasteiger partial charge in [0.1, 0.15) is 24.2 Å². The molecule has 1 atom stereocenters. The molecule has 146 valence electrons. The zero-order chi connectivity index (χ0) is 18.2. The van der Waals surface area contributed by atoms with E-state index in [1.54, 1.807) is 7.11 Å². The van der Waals surface area contributed by atoms with Crippen molar-refractivity contribution in [2.75, 3.05) is 20.3 Å². The standard InChI is InChI=1S/C22H35NO3/c1-25-21-12-14-22(15-13-21)26-17-20(24)16-23(18-8-4-2-5-9-18)19-10-6-3-7-11-19/h12-15,18-20,24H,2-11,16-17H2,1H3/t20-/m1/s1. The molecule has 0 saturated heterocycles. The molecular formula is C22H35NO3. The van der Waals surface area contributed by atoms with E-state index in [4.69, 9.17) is 9.47 Å². The molecule has 1 aromatic carbocycles. The second kappa shape index (κ2) is 10.2. The van der Waals surface area contributed by atoms with Crippen molar-refractivity contribution in [3.63, 3.8) is 0 Å². The highest BCUT2D eigenvalue weighted by molar-refractivity contribution is 5.31. The minimum Gasteiger partial charge on any atom is -0.497 e. The molecule has 0 spiro atoms. The maximum absolute atomic E-state index is 10.7. The molecule has 26 heavy (non-hydrogen) atoms. The Labute approximate surface area is 158 Å². The van der Waals surface area contributed by atoms with Gasteiger partial charge < -0.3 is 14.6 Å². The summed E-state index contributed by atoms with van der Waals surface area (Å²) in [4.78, 5) is 2.64. The van der Waals surface area contributed by atoms with Crippen molar-refractivity contribution in [1.29, 1.82) is 0 Å². The summed E-state index contributed by atoms with van der Waals surface area (Å²) in [6.07, 6.45) is 12.8. The molecule has 0 heterocycles. The maximum Gasteiger partial charge on any atom is 0.119 e. The second-order valence-electron chi connectivity index (χ2n) is 7.92. The van der Waals surface area contributed by atoms with E-state index in [1.165, 1.54) is 64.2 Å². The number of aliphatic hydroxyl groups excluding tert-OH is 1. The second-order valence-corrected chi connectivity index (χ2v) is 7.92. The molecule has 0 aromatic heterocycles. The molecule has 4 nitrogen and oxygen atoms in total. The fourth-order valence-corrected chi connectivity index (χ4v) is 4.58. The van der Waals surface area contributed by atoms with Crippen LogP contribution in [0.3, 0.4) is 0 Å². The molecule has 0 radical (unpaired) electrons. The Hall–Kier alpha value is -1.26. The van der Waals surface area contributed by atoms with Crippen molar-refractivity contribution in [1.82, 2.24) is 4.90 Å². The zero-order valence-electron chi connectivity index (χ0n) is 16.2. The van der Waals surface area contributed by atoms with Crippen LogP contribution in [0.25, 0.3) is 0 Å². The summed E-state index contributed by atoms with van der Waals surface area (Å²) in [6.45, 7) is 1.09. The molecular weight excluding hydrogens is 326 g/mol. The normalized spacial score (nSPS) is 20.9. The highest BCUT2D eigenvalue weighted by Gasteiger charge is 2.30. The number of aliphatic hydroxyl groups is 1. The number of hydrogen-bond donors (Lipinski definition) is 1. The third kappa shape index (κ3) is 5.62. The Bertz CT molecular complexity index is 489. The van der Waals surface area contributed by atoms with Crippen LogP contribution in [0.15, 0.2) is 24.3 Å². The van der Waals surface area contributed by atoms with E-state index in [-0.39, 0.29) is 0 Å². The van der Waals surface area contributed by atoms with Gasteiger partial charge in [-0.15, -0.1) is 0 Å². The molecule has 2 saturated carbocycles. The minimum absolute atomic E-state index is 0.349. The van der Waals surface area contributed by atoms with Gasteiger partial charge in [0.05, 0.1) is 7.11 Å². The van der Waals surface area contributed by atoms with Crippen LogP contribution in [0.2, 0.25) is 0 Å². The molecule has 0 unspecified atom stereocenters. The summed E-state index contributed by atoms with van der Waals surface area (Å²) in [5, 5.41) is 10.7. The molecule has 2 fully saturated rings. The molecule has 1 N–H and O–H groups in total. The van der Waals surface area contributed by atoms with Gasteiger partial charge in [0.15, 0.2) is 0 Å². The Morgan fingerprint density at radius 1 is 0.885 bits per heavy atom. The Kier molecular flexibility index (Phi) is 7.63. The van der Waals surface area contributed by atoms with Crippen LogP contribution in [0, 0.1) is 0 Å². The topological polar surface area (TPSA) is 41.9 Å². The minimum atomic E-state index is -0.444. The lowest BCUT2D eigenvalue weighted by atomic mass is 9.88. The first-order valence-electron chi connectivity index (χ1n) is 10.5. The van der Waals surface area contributed by atoms with E-state index >= 15 is 0 Å². The van der Waals surface area contributed by atoms with E-state index in [0.29, 0.717) is 18.7 Å². The summed E-state index contributed by atoms with van der Waals surface area (Å²) in [6, 6.07) is 8.87. The predicted molar refractivity (Wildman–Crippen MR) is 105 cm³/mol. The predicted octanol–water partition coefficient (Wildman–Crippen LogP) is 4.40. The SMILES string of the molecule is COc1ccc(OC[C@H](O)CN(C2CCCCC2)C2CCCCC2)cc1. The fourth-order valence-electron chi connectivity index (χ4n) is 4.58. The number of rotatable bonds is 8. The van der Waals surface area contributed by atoms with Crippen molar-refractivity contribution in [3.8, 4) is 11.5 Å². The summed E-state index contributed by atoms with van der Waals surface area (Å²) in [7, 11) is 1.66. The van der Waals surface area contributed by atoms with E-state index in [9.17, 15) is 5.11 Å². The molecule has 0 bridgehead atoms. The van der Waals surface area contributed by atoms with Gasteiger partial charge in [0, 0.05) is 18.6 Å². The van der Waals surface area contributed by atoms with Gasteiger partial charge in [-0.3, -0.25) is 4.90 Å². The largest absolute Gasteiger partial charge is 0.497 e. The highest BCUT2D eigenvalue weighted by Crippen LogP contribution is 2.30. The van der Waals surface area contributed by atoms with E-state index in [2.05, 4.69) is 4.90 Å². The number of benzene rings is 1. The van der Waals surface area contributed by atoms with Gasteiger partial charge in [-0.05, 0) is 49.9 Å². The van der Waals surface area contributed by atoms with Crippen LogP contribution in [0.5, 0.6) is 11.5 Å². The average Bonchev–Trinajstić information content (AvgIpc) is 2.72. The first kappa shape index (κ1) is 19.5. The van der Waals surface area contributed by atoms with Gasteiger partial charge in [0.25, 0.3) is 0 Å². The van der Waals surface area contributed by atoms with Crippen LogP contribution in [0.1, 0.15) is 64.2 Å². The van der Waals surface area contributed by atoms with E-state index < -0.39 is 6.10 Å². The Balaban J connectivity index is 1.54. The zero-order valence-corrected chi connectivity index (χ0v) is 16.2. The van der Waals surface area contributed by atoms with Crippen LogP contribution in [0.4, 0.5) is 0 Å². The summed E-state index contributed by atoms with van der Waals surface area (Å²) in [5.74, 6) is 1.60. The number of nitrogens with zero attached hydrogens (tertiary/aromatic N) is 1. The monoisotopic (exact) mass is 361 g/mol. The lowest BCUT2D eigenvalue weighted by Crippen LogP contribution is -2.49. The summed E-state index contributed by atoms with van der Waals surface area (Å²) >= 11 is 0. The van der Waals surface area contributed by atoms with Crippen molar-refractivity contribution in [2.45, 2.75) is 82.4 Å². The molecule has 0 aliphatic heterocycles. The maximum atomic E-state index is 10.7. The summed E-state index contributed by atoms with van der Waals surface area (Å²) < 4.78 is 11.0. The van der Waals surface area contributed by atoms with Crippen molar-refractivity contribution >= 4 is 0 Å². The Morgan fingerprint density at radius 2 is 1.38 bits per heavy atom. The van der Waals surface area contributed by atoms with Gasteiger partial charge in [-0.1, -0.05) is 38.5 Å². The molecule has 2 aliphatic rings. The van der Waals surface area contributed by atoms with E-state index in [1.807, 2.05) is 24.3 Å². The lowest BCUT2D eigenvalue weighted by Gasteiger charge is -2.42. The van der Waals surface area contributed by atoms with Crippen LogP contribution >= 0.6 is 0 Å². The number of hydrogen-bond acceptors (Lipinski definition) is 4. The molecule has 1 aromatic rings. The van der Waals surface area contributed by atoms with E-state index in [0.717, 1.165) is 18.0 Å². The van der Waals surface area contributed by atoms with Gasteiger partial charge in [0.2, 0.25) is 0 Å². The molecule has 4 heteroatoms. The third-order valence-corrected chi connectivity index (χ3v) is 6.01.